The van der Waals surface area contributed by atoms with Crippen molar-refractivity contribution < 1.29 is 5.11 Å². The number of hydrogen-bond acceptors (Lipinski definition) is 2. The Kier molecular flexibility index (Phi) is 4.91. The average Bonchev–Trinajstić information content (AvgIpc) is 2.28. The maximum atomic E-state index is 9.11. The van der Waals surface area contributed by atoms with Crippen LogP contribution in [0.3, 0.4) is 0 Å². The van der Waals surface area contributed by atoms with Gasteiger partial charge in [-0.25, -0.2) is 0 Å². The van der Waals surface area contributed by atoms with E-state index >= 15 is 0 Å². The first-order valence-electron chi connectivity index (χ1n) is 6.11. The predicted octanol–water partition coefficient (Wildman–Crippen LogP) is 2.71. The monoisotopic (exact) mass is 233 g/mol. The minimum absolute atomic E-state index is 0.0159. The average molecular weight is 233 g/mol. The molecule has 1 rings (SSSR count). The molecule has 0 spiro atoms. The Morgan fingerprint density at radius 2 is 2.06 bits per heavy atom. The third-order valence-corrected chi connectivity index (χ3v) is 2.99. The first kappa shape index (κ1) is 13.9. The molecular weight excluding hydrogens is 210 g/mol. The van der Waals surface area contributed by atoms with E-state index in [-0.39, 0.29) is 12.6 Å². The van der Waals surface area contributed by atoms with E-state index in [1.165, 1.54) is 16.7 Å². The summed E-state index contributed by atoms with van der Waals surface area (Å²) < 4.78 is 0. The van der Waals surface area contributed by atoms with E-state index in [9.17, 15) is 0 Å². The van der Waals surface area contributed by atoms with Crippen LogP contribution >= 0.6 is 0 Å². The van der Waals surface area contributed by atoms with Crippen LogP contribution in [0.2, 0.25) is 0 Å². The molecule has 1 aromatic carbocycles. The van der Waals surface area contributed by atoms with Crippen molar-refractivity contribution in [3.63, 3.8) is 0 Å². The fourth-order valence-electron chi connectivity index (χ4n) is 2.10. The number of aliphatic hydroxyl groups is 1. The van der Waals surface area contributed by atoms with Crippen LogP contribution in [0.4, 0.5) is 0 Å². The van der Waals surface area contributed by atoms with Crippen LogP contribution in [0.25, 0.3) is 5.57 Å². The van der Waals surface area contributed by atoms with E-state index in [1.807, 2.05) is 6.92 Å². The first-order valence-corrected chi connectivity index (χ1v) is 6.11. The van der Waals surface area contributed by atoms with Gasteiger partial charge in [0, 0.05) is 6.04 Å². The Bertz CT molecular complexity index is 396. The number of aliphatic hydroxyl groups excluding tert-OH is 1. The van der Waals surface area contributed by atoms with Crippen LogP contribution in [-0.4, -0.2) is 17.8 Å². The van der Waals surface area contributed by atoms with Crippen molar-refractivity contribution in [2.75, 3.05) is 6.61 Å². The zero-order valence-electron chi connectivity index (χ0n) is 11.0. The number of rotatable bonds is 5. The molecule has 0 saturated heterocycles. The second kappa shape index (κ2) is 5.99. The molecule has 1 atom stereocenters. The van der Waals surface area contributed by atoms with E-state index in [2.05, 4.69) is 38.6 Å². The summed E-state index contributed by atoms with van der Waals surface area (Å²) in [6, 6.07) is 6.07. The quantitative estimate of drug-likeness (QED) is 0.821. The molecule has 17 heavy (non-hydrogen) atoms. The fourth-order valence-corrected chi connectivity index (χ4v) is 2.10. The maximum absolute atomic E-state index is 9.11. The molecule has 2 nitrogen and oxygen atoms in total. The topological polar surface area (TPSA) is 46.2 Å². The maximum Gasteiger partial charge on any atom is 0.0585 e. The normalized spacial score (nSPS) is 12.8. The first-order chi connectivity index (χ1) is 7.97. The molecule has 94 valence electrons. The van der Waals surface area contributed by atoms with Gasteiger partial charge >= 0.3 is 0 Å². The lowest BCUT2D eigenvalue weighted by molar-refractivity contribution is 0.265. The van der Waals surface area contributed by atoms with Gasteiger partial charge in [0.15, 0.2) is 0 Å². The summed E-state index contributed by atoms with van der Waals surface area (Å²) in [5, 5.41) is 9.11. The van der Waals surface area contributed by atoms with Gasteiger partial charge in [-0.05, 0) is 36.0 Å². The van der Waals surface area contributed by atoms with Crippen molar-refractivity contribution in [3.8, 4) is 0 Å². The van der Waals surface area contributed by atoms with Gasteiger partial charge in [0.05, 0.1) is 6.61 Å². The van der Waals surface area contributed by atoms with Gasteiger partial charge in [0.25, 0.3) is 0 Å². The summed E-state index contributed by atoms with van der Waals surface area (Å²) in [5.74, 6) is 0.454. The Morgan fingerprint density at radius 1 is 1.41 bits per heavy atom. The molecule has 0 amide bonds. The summed E-state index contributed by atoms with van der Waals surface area (Å²) in [6.45, 7) is 10.4. The van der Waals surface area contributed by atoms with Crippen molar-refractivity contribution in [1.29, 1.82) is 0 Å². The molecule has 3 N–H and O–H groups in total. The predicted molar refractivity (Wildman–Crippen MR) is 74.0 cm³/mol. The Morgan fingerprint density at radius 3 is 2.53 bits per heavy atom. The number of nitrogens with two attached hydrogens (primary N) is 1. The molecular formula is C15H23NO. The van der Waals surface area contributed by atoms with Crippen LogP contribution in [0, 0.1) is 0 Å². The third kappa shape index (κ3) is 3.42. The molecule has 0 aliphatic rings. The third-order valence-electron chi connectivity index (χ3n) is 2.99. The van der Waals surface area contributed by atoms with Crippen LogP contribution < -0.4 is 5.73 Å². The molecule has 0 unspecified atom stereocenters. The van der Waals surface area contributed by atoms with Gasteiger partial charge in [-0.1, -0.05) is 44.2 Å². The molecule has 0 saturated carbocycles. The lowest BCUT2D eigenvalue weighted by Gasteiger charge is -2.19. The van der Waals surface area contributed by atoms with Crippen LogP contribution in [0.1, 0.15) is 43.4 Å². The molecule has 1 aromatic rings. The molecule has 0 aromatic heterocycles. The van der Waals surface area contributed by atoms with Crippen LogP contribution in [-0.2, 0) is 6.42 Å². The minimum Gasteiger partial charge on any atom is -0.395 e. The zero-order valence-corrected chi connectivity index (χ0v) is 11.0. The van der Waals surface area contributed by atoms with Crippen molar-refractivity contribution in [2.45, 2.75) is 39.2 Å². The molecule has 0 heterocycles. The van der Waals surface area contributed by atoms with Crippen molar-refractivity contribution in [3.05, 3.63) is 41.5 Å². The van der Waals surface area contributed by atoms with E-state index < -0.39 is 0 Å². The fraction of sp³-hybridized carbons (Fsp3) is 0.467. The van der Waals surface area contributed by atoms with Crippen LogP contribution in [0.15, 0.2) is 24.8 Å². The summed E-state index contributed by atoms with van der Waals surface area (Å²) in [7, 11) is 0. The SMILES string of the molecule is C=C(C)c1cccc(C(C)C)c1C[C@@H](N)CO. The highest BCUT2D eigenvalue weighted by atomic mass is 16.3. The molecule has 0 radical (unpaired) electrons. The van der Waals surface area contributed by atoms with E-state index in [4.69, 9.17) is 10.8 Å². The molecule has 0 aliphatic carbocycles. The van der Waals surface area contributed by atoms with Gasteiger partial charge < -0.3 is 10.8 Å². The second-order valence-electron chi connectivity index (χ2n) is 4.96. The Labute approximate surface area is 104 Å². The highest BCUT2D eigenvalue weighted by Gasteiger charge is 2.14. The molecule has 0 aliphatic heterocycles. The van der Waals surface area contributed by atoms with Gasteiger partial charge in [0.2, 0.25) is 0 Å². The summed E-state index contributed by atoms with van der Waals surface area (Å²) in [4.78, 5) is 0. The number of hydrogen-bond donors (Lipinski definition) is 2. The second-order valence-corrected chi connectivity index (χ2v) is 4.96. The van der Waals surface area contributed by atoms with Gasteiger partial charge in [-0.3, -0.25) is 0 Å². The summed E-state index contributed by atoms with van der Waals surface area (Å²) in [5.41, 5.74) is 10.6. The van der Waals surface area contributed by atoms with Gasteiger partial charge in [0.1, 0.15) is 0 Å². The van der Waals surface area contributed by atoms with Crippen molar-refractivity contribution in [1.82, 2.24) is 0 Å². The standard InChI is InChI=1S/C15H23NO/c1-10(2)13-6-5-7-14(11(3)4)15(13)8-12(16)9-17/h5-7,11-12,17H,1,8-9,16H2,2-4H3/t12-/m1/s1. The van der Waals surface area contributed by atoms with Gasteiger partial charge in [-0.2, -0.15) is 0 Å². The largest absolute Gasteiger partial charge is 0.395 e. The lowest BCUT2D eigenvalue weighted by Crippen LogP contribution is -2.28. The van der Waals surface area contributed by atoms with E-state index in [0.717, 1.165) is 5.57 Å². The molecule has 2 heteroatoms. The number of benzene rings is 1. The minimum atomic E-state index is -0.201. The molecule has 0 bridgehead atoms. The number of allylic oxidation sites excluding steroid dienone is 1. The highest BCUT2D eigenvalue weighted by molar-refractivity contribution is 5.66. The highest BCUT2D eigenvalue weighted by Crippen LogP contribution is 2.27. The van der Waals surface area contributed by atoms with Gasteiger partial charge in [-0.15, -0.1) is 0 Å². The lowest BCUT2D eigenvalue weighted by atomic mass is 9.87. The Balaban J connectivity index is 3.23. The van der Waals surface area contributed by atoms with E-state index in [1.54, 1.807) is 0 Å². The Hall–Kier alpha value is -1.12. The smallest absolute Gasteiger partial charge is 0.0585 e. The van der Waals surface area contributed by atoms with Crippen molar-refractivity contribution >= 4 is 5.57 Å². The van der Waals surface area contributed by atoms with Crippen LogP contribution in [0.5, 0.6) is 0 Å². The summed E-state index contributed by atoms with van der Waals surface area (Å²) >= 11 is 0. The zero-order chi connectivity index (χ0) is 13.0. The summed E-state index contributed by atoms with van der Waals surface area (Å²) in [6.07, 6.45) is 0.701. The molecule has 0 fully saturated rings. The van der Waals surface area contributed by atoms with Crippen molar-refractivity contribution in [2.24, 2.45) is 5.73 Å². The van der Waals surface area contributed by atoms with E-state index in [0.29, 0.717) is 12.3 Å².